The van der Waals surface area contributed by atoms with Crippen LogP contribution in [0.4, 0.5) is 4.79 Å². The third-order valence-corrected chi connectivity index (χ3v) is 0.975. The minimum Gasteiger partial charge on any atom is -0.489 e. The fourth-order valence-corrected chi connectivity index (χ4v) is 0.604. The van der Waals surface area contributed by atoms with Crippen LogP contribution in [-0.2, 0) is 0 Å². The van der Waals surface area contributed by atoms with Crippen molar-refractivity contribution in [3.05, 3.63) is 24.5 Å². The number of rotatable bonds is 2. The lowest BCUT2D eigenvalue weighted by molar-refractivity contribution is 0.220. The fraction of sp³-hybridized carbons (Fsp3) is 0. The minimum absolute atomic E-state index is 0.606. The number of nitrogens with zero attached hydrogens (tertiary/aromatic N) is 1. The Morgan fingerprint density at radius 2 is 2.50 bits per heavy atom. The molecule has 0 saturated heterocycles. The van der Waals surface area contributed by atoms with E-state index in [9.17, 15) is 4.79 Å². The Labute approximate surface area is 59.0 Å². The van der Waals surface area contributed by atoms with Crippen LogP contribution >= 0.6 is 0 Å². The number of pyridine rings is 1. The molecule has 1 heterocycles. The molecule has 0 unspecified atom stereocenters. The van der Waals surface area contributed by atoms with E-state index in [-0.39, 0.29) is 0 Å². The van der Waals surface area contributed by atoms with Crippen LogP contribution in [0.25, 0.3) is 0 Å². The first-order chi connectivity index (χ1) is 4.79. The molecule has 1 aromatic rings. The lowest BCUT2D eigenvalue weighted by Crippen LogP contribution is -2.21. The molecule has 0 amide bonds. The summed E-state index contributed by atoms with van der Waals surface area (Å²) >= 11 is 0. The van der Waals surface area contributed by atoms with Crippen molar-refractivity contribution in [3.8, 4) is 0 Å². The van der Waals surface area contributed by atoms with Crippen molar-refractivity contribution in [2.75, 3.05) is 0 Å². The van der Waals surface area contributed by atoms with Crippen LogP contribution in [0.15, 0.2) is 24.5 Å². The van der Waals surface area contributed by atoms with Crippen molar-refractivity contribution in [1.29, 1.82) is 0 Å². The van der Waals surface area contributed by atoms with Crippen molar-refractivity contribution < 1.29 is 9.90 Å². The molecule has 0 aliphatic rings. The molecular formula is C6H5BNO2. The molecule has 0 saturated carbocycles. The molecule has 1 rings (SSSR count). The predicted octanol–water partition coefficient (Wildman–Crippen LogP) is 0.0891. The van der Waals surface area contributed by atoms with Crippen molar-refractivity contribution >= 4 is 18.6 Å². The normalized spacial score (nSPS) is 8.80. The van der Waals surface area contributed by atoms with Crippen molar-refractivity contribution in [2.45, 2.75) is 0 Å². The van der Waals surface area contributed by atoms with Crippen LogP contribution in [0, 0.1) is 0 Å². The lowest BCUT2D eigenvalue weighted by atomic mass is 9.72. The number of hydrogen-bond acceptors (Lipinski definition) is 2. The van der Waals surface area contributed by atoms with Gasteiger partial charge in [0.15, 0.2) is 0 Å². The Morgan fingerprint density at radius 3 is 3.00 bits per heavy atom. The Hall–Kier alpha value is -1.32. The molecule has 1 radical (unpaired) electrons. The van der Waals surface area contributed by atoms with Crippen molar-refractivity contribution in [2.24, 2.45) is 0 Å². The van der Waals surface area contributed by atoms with Gasteiger partial charge in [-0.05, 0) is 6.07 Å². The van der Waals surface area contributed by atoms with E-state index >= 15 is 0 Å². The molecule has 0 aliphatic heterocycles. The smallest absolute Gasteiger partial charge is 0.300 e. The molecule has 0 atom stereocenters. The molecule has 0 spiro atoms. The molecule has 4 heteroatoms. The largest absolute Gasteiger partial charge is 0.489 e. The van der Waals surface area contributed by atoms with Gasteiger partial charge in [-0.3, -0.25) is 9.78 Å². The molecule has 3 nitrogen and oxygen atoms in total. The maximum Gasteiger partial charge on any atom is 0.300 e. The van der Waals surface area contributed by atoms with Crippen molar-refractivity contribution in [3.63, 3.8) is 0 Å². The second-order valence-corrected chi connectivity index (χ2v) is 1.77. The molecule has 10 heavy (non-hydrogen) atoms. The van der Waals surface area contributed by atoms with Gasteiger partial charge in [-0.2, -0.15) is 0 Å². The summed E-state index contributed by atoms with van der Waals surface area (Å²) in [5.74, 6) is -0.951. The molecule has 1 N–H and O–H groups in total. The number of hydrogen-bond donors (Lipinski definition) is 1. The zero-order chi connectivity index (χ0) is 7.40. The maximum absolute atomic E-state index is 10.1. The molecule has 0 bridgehead atoms. The average Bonchev–Trinajstić information content (AvgIpc) is 1.88. The first kappa shape index (κ1) is 6.80. The SMILES string of the molecule is O=C(O)[B]c1cccnc1. The van der Waals surface area contributed by atoms with Gasteiger partial charge < -0.3 is 5.11 Å². The highest BCUT2D eigenvalue weighted by atomic mass is 16.4. The van der Waals surface area contributed by atoms with E-state index < -0.39 is 5.87 Å². The quantitative estimate of drug-likeness (QED) is 0.583. The van der Waals surface area contributed by atoms with Gasteiger partial charge in [0.1, 0.15) is 0 Å². The van der Waals surface area contributed by atoms with Crippen LogP contribution in [0.1, 0.15) is 0 Å². The highest BCUT2D eigenvalue weighted by Gasteiger charge is 2.01. The fourth-order valence-electron chi connectivity index (χ4n) is 0.604. The number of carbonyl (C=O) groups is 1. The minimum atomic E-state index is -0.951. The monoisotopic (exact) mass is 134 g/mol. The van der Waals surface area contributed by atoms with Crippen LogP contribution in [0.2, 0.25) is 0 Å². The third-order valence-electron chi connectivity index (χ3n) is 0.975. The van der Waals surface area contributed by atoms with Gasteiger partial charge >= 0.3 is 7.28 Å². The van der Waals surface area contributed by atoms with Gasteiger partial charge in [0.25, 0.3) is 0 Å². The van der Waals surface area contributed by atoms with Crippen LogP contribution in [0.3, 0.4) is 0 Å². The highest BCUT2D eigenvalue weighted by Crippen LogP contribution is 1.76. The molecule has 0 fully saturated rings. The Morgan fingerprint density at radius 1 is 1.70 bits per heavy atom. The summed E-state index contributed by atoms with van der Waals surface area (Å²) in [6.45, 7) is 0. The van der Waals surface area contributed by atoms with Gasteiger partial charge in [-0.15, -0.1) is 0 Å². The molecule has 49 valence electrons. The number of aromatic nitrogens is 1. The van der Waals surface area contributed by atoms with Crippen LogP contribution in [0.5, 0.6) is 0 Å². The van der Waals surface area contributed by atoms with Crippen LogP contribution < -0.4 is 5.46 Å². The predicted molar refractivity (Wildman–Crippen MR) is 37.6 cm³/mol. The first-order valence-electron chi connectivity index (χ1n) is 2.77. The summed E-state index contributed by atoms with van der Waals surface area (Å²) in [5, 5.41) is 8.28. The highest BCUT2D eigenvalue weighted by molar-refractivity contribution is 6.82. The second kappa shape index (κ2) is 3.01. The Kier molecular flexibility index (Phi) is 2.05. The zero-order valence-corrected chi connectivity index (χ0v) is 5.19. The third kappa shape index (κ3) is 1.89. The lowest BCUT2D eigenvalue weighted by Gasteiger charge is -1.90. The molecular weight excluding hydrogens is 129 g/mol. The maximum atomic E-state index is 10.1. The van der Waals surface area contributed by atoms with E-state index in [1.54, 1.807) is 18.3 Å². The molecule has 0 aliphatic carbocycles. The topological polar surface area (TPSA) is 50.2 Å². The van der Waals surface area contributed by atoms with E-state index in [0.29, 0.717) is 5.46 Å². The average molecular weight is 134 g/mol. The standard InChI is InChI=1S/C6H5BNO2/c9-6(10)7-5-2-1-3-8-4-5/h1-4H,(H,9,10). The van der Waals surface area contributed by atoms with Gasteiger partial charge in [-0.1, -0.05) is 11.5 Å². The van der Waals surface area contributed by atoms with E-state index in [1.807, 2.05) is 0 Å². The molecule has 0 aromatic carbocycles. The van der Waals surface area contributed by atoms with E-state index in [2.05, 4.69) is 4.98 Å². The first-order valence-corrected chi connectivity index (χ1v) is 2.77. The summed E-state index contributed by atoms with van der Waals surface area (Å²) in [5.41, 5.74) is 0.606. The summed E-state index contributed by atoms with van der Waals surface area (Å²) in [6, 6.07) is 3.37. The summed E-state index contributed by atoms with van der Waals surface area (Å²) < 4.78 is 0. The van der Waals surface area contributed by atoms with E-state index in [0.717, 1.165) is 7.28 Å². The number of carboxylic acid groups (broad SMARTS) is 1. The molecule has 1 aromatic heterocycles. The van der Waals surface area contributed by atoms with Gasteiger partial charge in [0.2, 0.25) is 5.87 Å². The van der Waals surface area contributed by atoms with Crippen molar-refractivity contribution in [1.82, 2.24) is 4.98 Å². The van der Waals surface area contributed by atoms with Gasteiger partial charge in [0, 0.05) is 12.4 Å². The Bertz CT molecular complexity index is 224. The van der Waals surface area contributed by atoms with E-state index in [1.165, 1.54) is 6.20 Å². The van der Waals surface area contributed by atoms with Gasteiger partial charge in [-0.25, -0.2) is 0 Å². The second-order valence-electron chi connectivity index (χ2n) is 1.77. The summed E-state index contributed by atoms with van der Waals surface area (Å²) in [4.78, 5) is 13.8. The zero-order valence-electron chi connectivity index (χ0n) is 5.19. The van der Waals surface area contributed by atoms with Gasteiger partial charge in [0.05, 0.1) is 0 Å². The Balaban J connectivity index is 2.67. The summed E-state index contributed by atoms with van der Waals surface area (Å²) in [7, 11) is 1.10. The van der Waals surface area contributed by atoms with Crippen LogP contribution in [-0.4, -0.2) is 23.2 Å². The van der Waals surface area contributed by atoms with E-state index in [4.69, 9.17) is 5.11 Å². The summed E-state index contributed by atoms with van der Waals surface area (Å²) in [6.07, 6.45) is 3.09.